The Bertz CT molecular complexity index is 540. The first-order valence-corrected chi connectivity index (χ1v) is 7.41. The monoisotopic (exact) mass is 291 g/mol. The lowest BCUT2D eigenvalue weighted by atomic mass is 10.0. The molecule has 0 bridgehead atoms. The predicted molar refractivity (Wildman–Crippen MR) is 81.3 cm³/mol. The predicted octanol–water partition coefficient (Wildman–Crippen LogP) is 3.54. The van der Waals surface area contributed by atoms with Gasteiger partial charge in [0.15, 0.2) is 0 Å². The van der Waals surface area contributed by atoms with Crippen molar-refractivity contribution in [1.29, 1.82) is 0 Å². The van der Waals surface area contributed by atoms with E-state index in [0.29, 0.717) is 29.6 Å². The second-order valence-corrected chi connectivity index (χ2v) is 5.95. The van der Waals surface area contributed by atoms with Crippen molar-refractivity contribution in [3.63, 3.8) is 0 Å². The molecule has 1 aliphatic rings. The number of carboxylic acids is 1. The minimum Gasteiger partial charge on any atom is -0.478 e. The van der Waals surface area contributed by atoms with Crippen LogP contribution in [0.25, 0.3) is 6.08 Å². The van der Waals surface area contributed by atoms with E-state index in [9.17, 15) is 9.18 Å². The largest absolute Gasteiger partial charge is 0.478 e. The van der Waals surface area contributed by atoms with Gasteiger partial charge < -0.3 is 5.11 Å². The van der Waals surface area contributed by atoms with E-state index in [1.165, 1.54) is 25.0 Å². The van der Waals surface area contributed by atoms with Crippen LogP contribution in [0.1, 0.15) is 37.8 Å². The lowest BCUT2D eigenvalue weighted by molar-refractivity contribution is -0.131. The molecule has 1 aromatic carbocycles. The van der Waals surface area contributed by atoms with Gasteiger partial charge >= 0.3 is 5.97 Å². The standard InChI is InChI=1S/C17H22FNO2/c1-12(2)16-4-3-9-19(16)11-14-7-5-13(10-15(14)18)6-8-17(20)21/h5-8,10,12,16H,3-4,9,11H2,1-2H3,(H,20,21). The lowest BCUT2D eigenvalue weighted by Gasteiger charge is -2.27. The third kappa shape index (κ3) is 4.14. The fourth-order valence-electron chi connectivity index (χ4n) is 2.98. The van der Waals surface area contributed by atoms with Crippen LogP contribution in [0, 0.1) is 11.7 Å². The number of halogens is 1. The van der Waals surface area contributed by atoms with Gasteiger partial charge in [0.2, 0.25) is 0 Å². The fourth-order valence-corrected chi connectivity index (χ4v) is 2.98. The minimum atomic E-state index is -1.03. The average molecular weight is 291 g/mol. The smallest absolute Gasteiger partial charge is 0.328 e. The van der Waals surface area contributed by atoms with Gasteiger partial charge in [-0.05, 0) is 43.0 Å². The molecule has 21 heavy (non-hydrogen) atoms. The Kier molecular flexibility index (Phi) is 5.12. The van der Waals surface area contributed by atoms with Crippen LogP contribution in [-0.2, 0) is 11.3 Å². The molecular formula is C17H22FNO2. The molecule has 1 atom stereocenters. The molecule has 1 heterocycles. The van der Waals surface area contributed by atoms with E-state index in [0.717, 1.165) is 12.6 Å². The first-order valence-electron chi connectivity index (χ1n) is 7.41. The van der Waals surface area contributed by atoms with Gasteiger partial charge in [-0.1, -0.05) is 26.0 Å². The number of hydrogen-bond donors (Lipinski definition) is 1. The van der Waals surface area contributed by atoms with Gasteiger partial charge in [-0.15, -0.1) is 0 Å². The van der Waals surface area contributed by atoms with E-state index in [-0.39, 0.29) is 5.82 Å². The highest BCUT2D eigenvalue weighted by molar-refractivity contribution is 5.85. The zero-order chi connectivity index (χ0) is 15.4. The first kappa shape index (κ1) is 15.7. The molecule has 1 fully saturated rings. The molecule has 0 amide bonds. The molecule has 0 radical (unpaired) electrons. The van der Waals surface area contributed by atoms with Crippen LogP contribution in [0.2, 0.25) is 0 Å². The fraction of sp³-hybridized carbons (Fsp3) is 0.471. The summed E-state index contributed by atoms with van der Waals surface area (Å²) in [6.07, 6.45) is 4.77. The zero-order valence-corrected chi connectivity index (χ0v) is 12.6. The third-order valence-electron chi connectivity index (χ3n) is 4.05. The number of benzene rings is 1. The summed E-state index contributed by atoms with van der Waals surface area (Å²) in [4.78, 5) is 12.8. The van der Waals surface area contributed by atoms with Crippen molar-refractivity contribution in [3.05, 3.63) is 41.2 Å². The number of hydrogen-bond acceptors (Lipinski definition) is 2. The summed E-state index contributed by atoms with van der Waals surface area (Å²) in [5.41, 5.74) is 1.25. The highest BCUT2D eigenvalue weighted by Crippen LogP contribution is 2.26. The summed E-state index contributed by atoms with van der Waals surface area (Å²) in [7, 11) is 0. The number of carboxylic acid groups (broad SMARTS) is 1. The minimum absolute atomic E-state index is 0.267. The highest BCUT2D eigenvalue weighted by Gasteiger charge is 2.27. The van der Waals surface area contributed by atoms with Gasteiger partial charge in [0.05, 0.1) is 0 Å². The molecule has 1 aliphatic heterocycles. The van der Waals surface area contributed by atoms with Crippen LogP contribution in [0.3, 0.4) is 0 Å². The topological polar surface area (TPSA) is 40.5 Å². The van der Waals surface area contributed by atoms with Crippen LogP contribution in [-0.4, -0.2) is 28.6 Å². The number of nitrogens with zero attached hydrogens (tertiary/aromatic N) is 1. The highest BCUT2D eigenvalue weighted by atomic mass is 19.1. The summed E-state index contributed by atoms with van der Waals surface area (Å²) in [6.45, 7) is 6.05. The third-order valence-corrected chi connectivity index (χ3v) is 4.05. The SMILES string of the molecule is CC(C)C1CCCN1Cc1ccc(C=CC(=O)O)cc1F. The average Bonchev–Trinajstić information content (AvgIpc) is 2.87. The summed E-state index contributed by atoms with van der Waals surface area (Å²) >= 11 is 0. The van der Waals surface area contributed by atoms with Crippen LogP contribution in [0.4, 0.5) is 4.39 Å². The molecule has 3 nitrogen and oxygen atoms in total. The number of rotatable bonds is 5. The van der Waals surface area contributed by atoms with Gasteiger partial charge in [-0.2, -0.15) is 0 Å². The van der Waals surface area contributed by atoms with Gasteiger partial charge in [0.1, 0.15) is 5.82 Å². The van der Waals surface area contributed by atoms with Crippen LogP contribution in [0.15, 0.2) is 24.3 Å². The maximum absolute atomic E-state index is 14.1. The molecule has 4 heteroatoms. The quantitative estimate of drug-likeness (QED) is 0.844. The molecule has 2 rings (SSSR count). The van der Waals surface area contributed by atoms with E-state index < -0.39 is 5.97 Å². The second kappa shape index (κ2) is 6.85. The summed E-state index contributed by atoms with van der Waals surface area (Å²) in [5.74, 6) is -0.721. The normalized spacial score (nSPS) is 19.7. The van der Waals surface area contributed by atoms with Gasteiger partial charge in [-0.3, -0.25) is 4.90 Å². The molecule has 1 aromatic rings. The van der Waals surface area contributed by atoms with Crippen molar-refractivity contribution in [2.45, 2.75) is 39.3 Å². The van der Waals surface area contributed by atoms with E-state index in [2.05, 4.69) is 18.7 Å². The molecule has 1 saturated heterocycles. The van der Waals surface area contributed by atoms with Gasteiger partial charge in [0.25, 0.3) is 0 Å². The molecule has 0 aromatic heterocycles. The molecule has 1 N–H and O–H groups in total. The Balaban J connectivity index is 2.09. The van der Waals surface area contributed by atoms with Crippen molar-refractivity contribution >= 4 is 12.0 Å². The summed E-state index contributed by atoms with van der Waals surface area (Å²) < 4.78 is 14.1. The summed E-state index contributed by atoms with van der Waals surface area (Å²) in [5, 5.41) is 8.58. The maximum atomic E-state index is 14.1. The van der Waals surface area contributed by atoms with Crippen molar-refractivity contribution < 1.29 is 14.3 Å². The van der Waals surface area contributed by atoms with Crippen molar-refractivity contribution in [1.82, 2.24) is 4.90 Å². The van der Waals surface area contributed by atoms with Gasteiger partial charge in [0, 0.05) is 24.2 Å². The Hall–Kier alpha value is -1.68. The first-order chi connectivity index (χ1) is 9.97. The van der Waals surface area contributed by atoms with Gasteiger partial charge in [-0.25, -0.2) is 9.18 Å². The van der Waals surface area contributed by atoms with Crippen molar-refractivity contribution in [2.75, 3.05) is 6.54 Å². The zero-order valence-electron chi connectivity index (χ0n) is 12.6. The molecule has 0 spiro atoms. The molecular weight excluding hydrogens is 269 g/mol. The summed E-state index contributed by atoms with van der Waals surface area (Å²) in [6, 6.07) is 5.44. The van der Waals surface area contributed by atoms with Crippen LogP contribution in [0.5, 0.6) is 0 Å². The molecule has 0 aliphatic carbocycles. The maximum Gasteiger partial charge on any atom is 0.328 e. The number of likely N-dealkylation sites (tertiary alicyclic amines) is 1. The van der Waals surface area contributed by atoms with Crippen molar-refractivity contribution in [2.24, 2.45) is 5.92 Å². The Labute approximate surface area is 125 Å². The van der Waals surface area contributed by atoms with E-state index >= 15 is 0 Å². The molecule has 1 unspecified atom stereocenters. The second-order valence-electron chi connectivity index (χ2n) is 5.95. The Morgan fingerprint density at radius 1 is 1.52 bits per heavy atom. The van der Waals surface area contributed by atoms with E-state index in [4.69, 9.17) is 5.11 Å². The Morgan fingerprint density at radius 3 is 2.90 bits per heavy atom. The van der Waals surface area contributed by atoms with E-state index in [1.807, 2.05) is 0 Å². The van der Waals surface area contributed by atoms with Crippen LogP contribution >= 0.6 is 0 Å². The van der Waals surface area contributed by atoms with Crippen LogP contribution < -0.4 is 0 Å². The molecule has 0 saturated carbocycles. The number of carbonyl (C=O) groups is 1. The Morgan fingerprint density at radius 2 is 2.29 bits per heavy atom. The van der Waals surface area contributed by atoms with Crippen molar-refractivity contribution in [3.8, 4) is 0 Å². The number of aliphatic carboxylic acids is 1. The molecule has 114 valence electrons. The van der Waals surface area contributed by atoms with E-state index in [1.54, 1.807) is 12.1 Å². The lowest BCUT2D eigenvalue weighted by Crippen LogP contribution is -2.33.